The van der Waals surface area contributed by atoms with Crippen LogP contribution in [0.1, 0.15) is 21.6 Å². The number of carbonyl (C=O) groups is 1. The fraction of sp³-hybridized carbons (Fsp3) is 0.412. The lowest BCUT2D eigenvalue weighted by Crippen LogP contribution is -2.49. The van der Waals surface area contributed by atoms with Crippen molar-refractivity contribution in [2.45, 2.75) is 13.8 Å². The van der Waals surface area contributed by atoms with Gasteiger partial charge in [-0.2, -0.15) is 0 Å². The van der Waals surface area contributed by atoms with Gasteiger partial charge in [0.25, 0.3) is 5.91 Å². The molecule has 6 heteroatoms. The van der Waals surface area contributed by atoms with Crippen LogP contribution in [0.25, 0.3) is 0 Å². The predicted octanol–water partition coefficient (Wildman–Crippen LogP) is 2.76. The summed E-state index contributed by atoms with van der Waals surface area (Å²) in [7, 11) is 1.82. The molecule has 0 radical (unpaired) electrons. The highest BCUT2D eigenvalue weighted by Gasteiger charge is 2.24. The molecule has 3 rings (SSSR count). The van der Waals surface area contributed by atoms with Gasteiger partial charge in [-0.15, -0.1) is 11.3 Å². The van der Waals surface area contributed by atoms with Crippen molar-refractivity contribution < 1.29 is 4.79 Å². The third kappa shape index (κ3) is 3.17. The van der Waals surface area contributed by atoms with E-state index in [0.717, 1.165) is 31.3 Å². The number of nitrogens with one attached hydrogen (secondary N) is 1. The Hall–Kier alpha value is -2.08. The Bertz CT molecular complexity index is 704. The topological polar surface area (TPSA) is 48.5 Å². The maximum absolute atomic E-state index is 12.5. The van der Waals surface area contributed by atoms with Gasteiger partial charge < -0.3 is 15.1 Å². The molecule has 0 aliphatic carbocycles. The van der Waals surface area contributed by atoms with Crippen LogP contribution in [0.5, 0.6) is 0 Å². The molecule has 1 saturated heterocycles. The van der Waals surface area contributed by atoms with Crippen LogP contribution in [0.3, 0.4) is 0 Å². The van der Waals surface area contributed by atoms with Crippen LogP contribution in [0.2, 0.25) is 0 Å². The van der Waals surface area contributed by atoms with Crippen molar-refractivity contribution in [3.8, 4) is 0 Å². The molecule has 1 aromatic carbocycles. The summed E-state index contributed by atoms with van der Waals surface area (Å²) in [5.74, 6) is 0.0309. The summed E-state index contributed by atoms with van der Waals surface area (Å²) >= 11 is 1.46. The van der Waals surface area contributed by atoms with Crippen LogP contribution in [0, 0.1) is 13.8 Å². The summed E-state index contributed by atoms with van der Waals surface area (Å²) in [5.41, 5.74) is 4.45. The van der Waals surface area contributed by atoms with Gasteiger partial charge in [0.05, 0.1) is 0 Å². The van der Waals surface area contributed by atoms with Crippen molar-refractivity contribution in [3.05, 3.63) is 40.4 Å². The predicted molar refractivity (Wildman–Crippen MR) is 95.7 cm³/mol. The molecule has 122 valence electrons. The van der Waals surface area contributed by atoms with Crippen LogP contribution in [0.4, 0.5) is 10.8 Å². The largest absolute Gasteiger partial charge is 0.368 e. The summed E-state index contributed by atoms with van der Waals surface area (Å²) in [6.07, 6.45) is 0. The van der Waals surface area contributed by atoms with Gasteiger partial charge in [0.1, 0.15) is 5.69 Å². The van der Waals surface area contributed by atoms with Crippen molar-refractivity contribution in [2.75, 3.05) is 43.4 Å². The zero-order chi connectivity index (χ0) is 16.4. The second-order valence-electron chi connectivity index (χ2n) is 5.79. The fourth-order valence-corrected chi connectivity index (χ4v) is 3.52. The van der Waals surface area contributed by atoms with Crippen molar-refractivity contribution in [2.24, 2.45) is 0 Å². The highest BCUT2D eigenvalue weighted by atomic mass is 32.1. The SMILES string of the molecule is CNc1nc(C(=O)N2CCN(c3cccc(C)c3C)CC2)cs1. The second kappa shape index (κ2) is 6.58. The molecule has 1 fully saturated rings. The molecule has 1 aliphatic heterocycles. The van der Waals surface area contributed by atoms with Gasteiger partial charge >= 0.3 is 0 Å². The molecule has 1 aromatic heterocycles. The smallest absolute Gasteiger partial charge is 0.273 e. The Kier molecular flexibility index (Phi) is 4.52. The highest BCUT2D eigenvalue weighted by molar-refractivity contribution is 7.13. The van der Waals surface area contributed by atoms with Crippen molar-refractivity contribution in [3.63, 3.8) is 0 Å². The van der Waals surface area contributed by atoms with E-state index in [4.69, 9.17) is 0 Å². The van der Waals surface area contributed by atoms with Crippen LogP contribution in [-0.2, 0) is 0 Å². The lowest BCUT2D eigenvalue weighted by atomic mass is 10.1. The number of piperazine rings is 1. The minimum Gasteiger partial charge on any atom is -0.368 e. The Morgan fingerprint density at radius 2 is 1.96 bits per heavy atom. The van der Waals surface area contributed by atoms with E-state index in [9.17, 15) is 4.79 Å². The lowest BCUT2D eigenvalue weighted by Gasteiger charge is -2.36. The summed E-state index contributed by atoms with van der Waals surface area (Å²) < 4.78 is 0. The van der Waals surface area contributed by atoms with E-state index in [0.29, 0.717) is 5.69 Å². The maximum Gasteiger partial charge on any atom is 0.273 e. The number of thiazole rings is 1. The van der Waals surface area contributed by atoms with Crippen LogP contribution < -0.4 is 10.2 Å². The van der Waals surface area contributed by atoms with Gasteiger partial charge in [-0.25, -0.2) is 4.98 Å². The minimum atomic E-state index is 0.0309. The zero-order valence-corrected chi connectivity index (χ0v) is 14.6. The van der Waals surface area contributed by atoms with E-state index in [1.165, 1.54) is 28.2 Å². The first-order chi connectivity index (χ1) is 11.1. The summed E-state index contributed by atoms with van der Waals surface area (Å²) in [4.78, 5) is 21.1. The van der Waals surface area contributed by atoms with E-state index in [1.807, 2.05) is 17.3 Å². The molecule has 0 saturated carbocycles. The zero-order valence-electron chi connectivity index (χ0n) is 13.8. The van der Waals surface area contributed by atoms with Gasteiger partial charge in [0.15, 0.2) is 5.13 Å². The third-order valence-electron chi connectivity index (χ3n) is 4.42. The quantitative estimate of drug-likeness (QED) is 0.940. The number of hydrogen-bond acceptors (Lipinski definition) is 5. The molecule has 2 heterocycles. The van der Waals surface area contributed by atoms with Gasteiger partial charge in [-0.1, -0.05) is 12.1 Å². The second-order valence-corrected chi connectivity index (χ2v) is 6.64. The molecule has 0 bridgehead atoms. The number of carbonyl (C=O) groups excluding carboxylic acids is 1. The van der Waals surface area contributed by atoms with E-state index in [1.54, 1.807) is 0 Å². The monoisotopic (exact) mass is 330 g/mol. The third-order valence-corrected chi connectivity index (χ3v) is 5.28. The van der Waals surface area contributed by atoms with Gasteiger partial charge in [-0.05, 0) is 31.0 Å². The Morgan fingerprint density at radius 1 is 1.22 bits per heavy atom. The van der Waals surface area contributed by atoms with Crippen LogP contribution >= 0.6 is 11.3 Å². The summed E-state index contributed by atoms with van der Waals surface area (Å²) in [6, 6.07) is 6.41. The van der Waals surface area contributed by atoms with Crippen molar-refractivity contribution >= 4 is 28.1 Å². The van der Waals surface area contributed by atoms with Gasteiger partial charge in [0.2, 0.25) is 0 Å². The number of aryl methyl sites for hydroxylation is 1. The number of hydrogen-bond donors (Lipinski definition) is 1. The molecular formula is C17H22N4OS. The first kappa shape index (κ1) is 15.8. The maximum atomic E-state index is 12.5. The van der Waals surface area contributed by atoms with Crippen LogP contribution in [0.15, 0.2) is 23.6 Å². The molecule has 5 nitrogen and oxygen atoms in total. The average molecular weight is 330 g/mol. The first-order valence-corrected chi connectivity index (χ1v) is 8.72. The Balaban J connectivity index is 1.66. The molecule has 1 N–H and O–H groups in total. The number of rotatable bonds is 3. The average Bonchev–Trinajstić information content (AvgIpc) is 3.06. The minimum absolute atomic E-state index is 0.0309. The Morgan fingerprint density at radius 3 is 2.61 bits per heavy atom. The molecule has 1 aliphatic rings. The number of nitrogens with zero attached hydrogens (tertiary/aromatic N) is 3. The molecule has 0 spiro atoms. The number of anilines is 2. The van der Waals surface area contributed by atoms with Crippen molar-refractivity contribution in [1.29, 1.82) is 0 Å². The molecular weight excluding hydrogens is 308 g/mol. The normalized spacial score (nSPS) is 14.9. The van der Waals surface area contributed by atoms with E-state index < -0.39 is 0 Å². The number of amides is 1. The summed E-state index contributed by atoms with van der Waals surface area (Å²) in [5, 5.41) is 5.58. The molecule has 0 unspecified atom stereocenters. The number of aromatic nitrogens is 1. The van der Waals surface area contributed by atoms with Crippen LogP contribution in [-0.4, -0.2) is 49.0 Å². The lowest BCUT2D eigenvalue weighted by molar-refractivity contribution is 0.0742. The van der Waals surface area contributed by atoms with E-state index in [2.05, 4.69) is 47.2 Å². The fourth-order valence-electron chi connectivity index (χ4n) is 2.88. The highest BCUT2D eigenvalue weighted by Crippen LogP contribution is 2.24. The standard InChI is InChI=1S/C17H22N4OS/c1-12-5-4-6-15(13(12)2)20-7-9-21(10-8-20)16(22)14-11-23-17(18-3)19-14/h4-6,11H,7-10H2,1-3H3,(H,18,19). The van der Waals surface area contributed by atoms with E-state index >= 15 is 0 Å². The number of benzene rings is 1. The van der Waals surface area contributed by atoms with Crippen molar-refractivity contribution in [1.82, 2.24) is 9.88 Å². The summed E-state index contributed by atoms with van der Waals surface area (Å²) in [6.45, 7) is 7.49. The van der Waals surface area contributed by atoms with E-state index in [-0.39, 0.29) is 5.91 Å². The molecule has 0 atom stereocenters. The Labute approximate surface area is 140 Å². The van der Waals surface area contributed by atoms with Gasteiger partial charge in [-0.3, -0.25) is 4.79 Å². The molecule has 23 heavy (non-hydrogen) atoms. The first-order valence-electron chi connectivity index (χ1n) is 7.84. The molecule has 1 amide bonds. The van der Waals surface area contributed by atoms with Gasteiger partial charge in [0, 0.05) is 44.3 Å². The molecule has 2 aromatic rings.